The summed E-state index contributed by atoms with van der Waals surface area (Å²) < 4.78 is 12.5. The van der Waals surface area contributed by atoms with E-state index in [0.29, 0.717) is 18.0 Å². The van der Waals surface area contributed by atoms with Crippen LogP contribution in [-0.2, 0) is 19.6 Å². The molecule has 0 amide bonds. The van der Waals surface area contributed by atoms with E-state index in [4.69, 9.17) is 21.1 Å². The maximum atomic E-state index is 10.8. The van der Waals surface area contributed by atoms with E-state index >= 15 is 0 Å². The first kappa shape index (κ1) is 23.1. The number of hydrogen-bond acceptors (Lipinski definition) is 5. The molecule has 0 aliphatic rings. The van der Waals surface area contributed by atoms with Crippen molar-refractivity contribution >= 4 is 33.2 Å². The van der Waals surface area contributed by atoms with E-state index in [0.717, 1.165) is 33.6 Å². The maximum absolute atomic E-state index is 10.8. The largest absolute Gasteiger partial charge is 0.493 e. The second-order valence-electron chi connectivity index (χ2n) is 6.82. The summed E-state index contributed by atoms with van der Waals surface area (Å²) >= 11 is 9.54. The van der Waals surface area contributed by atoms with Crippen LogP contribution in [0.2, 0.25) is 5.02 Å². The van der Waals surface area contributed by atoms with Gasteiger partial charge >= 0.3 is 0 Å². The lowest BCUT2D eigenvalue weighted by atomic mass is 10.1. The molecule has 0 heterocycles. The Morgan fingerprint density at radius 1 is 1.03 bits per heavy atom. The Hall–Kier alpha value is -2.61. The summed E-state index contributed by atoms with van der Waals surface area (Å²) in [5.41, 5.74) is 3.03. The lowest BCUT2D eigenvalue weighted by molar-refractivity contribution is -0.384. The van der Waals surface area contributed by atoms with Crippen LogP contribution in [0.4, 0.5) is 5.69 Å². The van der Waals surface area contributed by atoms with Gasteiger partial charge in [0.15, 0.2) is 11.5 Å². The van der Waals surface area contributed by atoms with Crippen LogP contribution in [-0.4, -0.2) is 18.6 Å². The van der Waals surface area contributed by atoms with Gasteiger partial charge in [-0.2, -0.15) is 0 Å². The highest BCUT2D eigenvalue weighted by Crippen LogP contribution is 2.37. The molecule has 162 valence electrons. The first-order valence-electron chi connectivity index (χ1n) is 9.64. The molecule has 31 heavy (non-hydrogen) atoms. The summed E-state index contributed by atoms with van der Waals surface area (Å²) in [6.45, 7) is 1.64. The molecule has 0 aliphatic carbocycles. The summed E-state index contributed by atoms with van der Waals surface area (Å²) in [5.74, 6) is 1.26. The summed E-state index contributed by atoms with van der Waals surface area (Å²) in [4.78, 5) is 10.4. The van der Waals surface area contributed by atoms with Crippen molar-refractivity contribution in [3.63, 3.8) is 0 Å². The number of halogens is 2. The Morgan fingerprint density at radius 3 is 2.35 bits per heavy atom. The second kappa shape index (κ2) is 11.1. The molecule has 3 rings (SSSR count). The molecule has 0 aliphatic heterocycles. The first-order valence-corrected chi connectivity index (χ1v) is 10.8. The third kappa shape index (κ3) is 6.43. The fourth-order valence-corrected chi connectivity index (χ4v) is 3.61. The number of methoxy groups -OCH3 is 1. The number of non-ortho nitro benzene ring substituents is 1. The highest BCUT2D eigenvalue weighted by molar-refractivity contribution is 9.10. The Morgan fingerprint density at radius 2 is 1.71 bits per heavy atom. The summed E-state index contributed by atoms with van der Waals surface area (Å²) in [7, 11) is 1.60. The number of nitro groups is 1. The van der Waals surface area contributed by atoms with Crippen molar-refractivity contribution in [1.29, 1.82) is 0 Å². The van der Waals surface area contributed by atoms with Crippen LogP contribution < -0.4 is 14.8 Å². The predicted molar refractivity (Wildman–Crippen MR) is 125 cm³/mol. The van der Waals surface area contributed by atoms with E-state index in [9.17, 15) is 10.1 Å². The third-order valence-electron chi connectivity index (χ3n) is 4.72. The van der Waals surface area contributed by atoms with Gasteiger partial charge in [0.25, 0.3) is 5.69 Å². The Bertz CT molecular complexity index is 1030. The van der Waals surface area contributed by atoms with E-state index < -0.39 is 4.92 Å². The fraction of sp³-hybridized carbons (Fsp3) is 0.217. The normalized spacial score (nSPS) is 10.7. The van der Waals surface area contributed by atoms with E-state index in [1.54, 1.807) is 19.2 Å². The highest BCUT2D eigenvalue weighted by atomic mass is 79.9. The molecule has 1 N–H and O–H groups in total. The SMILES string of the molecule is COc1ccc(Br)c(CNCCc2ccc(Cl)cc2)c1OCc1ccc([N+](=O)[O-])cc1. The first-order chi connectivity index (χ1) is 15.0. The van der Waals surface area contributed by atoms with Gasteiger partial charge in [0.05, 0.1) is 12.0 Å². The van der Waals surface area contributed by atoms with Gasteiger partial charge in [-0.05, 0) is 60.5 Å². The monoisotopic (exact) mass is 504 g/mol. The van der Waals surface area contributed by atoms with Gasteiger partial charge < -0.3 is 14.8 Å². The average Bonchev–Trinajstić information content (AvgIpc) is 2.77. The second-order valence-corrected chi connectivity index (χ2v) is 8.11. The van der Waals surface area contributed by atoms with Crippen LogP contribution in [0.15, 0.2) is 65.1 Å². The van der Waals surface area contributed by atoms with Gasteiger partial charge in [0.1, 0.15) is 6.61 Å². The summed E-state index contributed by atoms with van der Waals surface area (Å²) in [5, 5.41) is 15.0. The van der Waals surface area contributed by atoms with E-state index in [2.05, 4.69) is 21.2 Å². The number of rotatable bonds is 10. The Kier molecular flexibility index (Phi) is 8.28. The smallest absolute Gasteiger partial charge is 0.269 e. The van der Waals surface area contributed by atoms with Crippen LogP contribution >= 0.6 is 27.5 Å². The molecular formula is C23H22BrClN2O4. The van der Waals surface area contributed by atoms with Crippen LogP contribution in [0.1, 0.15) is 16.7 Å². The molecule has 6 nitrogen and oxygen atoms in total. The molecule has 0 atom stereocenters. The molecule has 0 unspecified atom stereocenters. The minimum Gasteiger partial charge on any atom is -0.493 e. The van der Waals surface area contributed by atoms with Crippen molar-refractivity contribution < 1.29 is 14.4 Å². The molecule has 0 bridgehead atoms. The Balaban J connectivity index is 1.66. The van der Waals surface area contributed by atoms with Crippen LogP contribution in [0.25, 0.3) is 0 Å². The van der Waals surface area contributed by atoms with Gasteiger partial charge in [0.2, 0.25) is 0 Å². The van der Waals surface area contributed by atoms with Crippen LogP contribution in [0.3, 0.4) is 0 Å². The molecule has 3 aromatic carbocycles. The summed E-state index contributed by atoms with van der Waals surface area (Å²) in [6, 6.07) is 17.9. The third-order valence-corrected chi connectivity index (χ3v) is 5.72. The van der Waals surface area contributed by atoms with Crippen LogP contribution in [0, 0.1) is 10.1 Å². The molecule has 0 fully saturated rings. The lowest BCUT2D eigenvalue weighted by Gasteiger charge is -2.17. The zero-order valence-electron chi connectivity index (χ0n) is 16.9. The maximum Gasteiger partial charge on any atom is 0.269 e. The van der Waals surface area contributed by atoms with Gasteiger partial charge in [-0.1, -0.05) is 39.7 Å². The zero-order chi connectivity index (χ0) is 22.2. The van der Waals surface area contributed by atoms with Crippen molar-refractivity contribution in [2.75, 3.05) is 13.7 Å². The van der Waals surface area contributed by atoms with Crippen molar-refractivity contribution in [3.8, 4) is 11.5 Å². The zero-order valence-corrected chi connectivity index (χ0v) is 19.3. The van der Waals surface area contributed by atoms with Gasteiger partial charge in [0, 0.05) is 33.7 Å². The van der Waals surface area contributed by atoms with Crippen molar-refractivity contribution in [1.82, 2.24) is 5.32 Å². The molecular weight excluding hydrogens is 484 g/mol. The topological polar surface area (TPSA) is 73.6 Å². The highest BCUT2D eigenvalue weighted by Gasteiger charge is 2.15. The average molecular weight is 506 g/mol. The molecule has 0 radical (unpaired) electrons. The minimum atomic E-state index is -0.421. The van der Waals surface area contributed by atoms with Gasteiger partial charge in [-0.3, -0.25) is 10.1 Å². The number of nitro benzene ring substituents is 1. The number of hydrogen-bond donors (Lipinski definition) is 1. The molecule has 0 saturated carbocycles. The molecule has 0 aromatic heterocycles. The quantitative estimate of drug-likeness (QED) is 0.210. The van der Waals surface area contributed by atoms with Crippen molar-refractivity contribution in [2.45, 2.75) is 19.6 Å². The van der Waals surface area contributed by atoms with E-state index in [1.807, 2.05) is 36.4 Å². The Labute approximate surface area is 194 Å². The van der Waals surface area contributed by atoms with Gasteiger partial charge in [-0.15, -0.1) is 0 Å². The van der Waals surface area contributed by atoms with Crippen molar-refractivity contribution in [2.24, 2.45) is 0 Å². The lowest BCUT2D eigenvalue weighted by Crippen LogP contribution is -2.18. The van der Waals surface area contributed by atoms with E-state index in [1.165, 1.54) is 17.7 Å². The number of benzene rings is 3. The molecule has 0 spiro atoms. The number of nitrogens with zero attached hydrogens (tertiary/aromatic N) is 1. The minimum absolute atomic E-state index is 0.0503. The predicted octanol–water partition coefficient (Wildman–Crippen LogP) is 5.93. The van der Waals surface area contributed by atoms with Crippen molar-refractivity contribution in [3.05, 3.63) is 97.0 Å². The number of ether oxygens (including phenoxy) is 2. The van der Waals surface area contributed by atoms with Gasteiger partial charge in [-0.25, -0.2) is 0 Å². The fourth-order valence-electron chi connectivity index (χ4n) is 3.03. The molecule has 8 heteroatoms. The van der Waals surface area contributed by atoms with Crippen LogP contribution in [0.5, 0.6) is 11.5 Å². The molecule has 0 saturated heterocycles. The molecule has 3 aromatic rings. The van der Waals surface area contributed by atoms with E-state index in [-0.39, 0.29) is 12.3 Å². The number of nitrogens with one attached hydrogen (secondary N) is 1. The standard InChI is InChI=1S/C23H22BrClN2O4/c1-30-22-11-10-21(24)20(14-26-13-12-16-2-6-18(25)7-3-16)23(22)31-15-17-4-8-19(9-5-17)27(28)29/h2-11,26H,12-15H2,1H3. The summed E-state index contributed by atoms with van der Waals surface area (Å²) in [6.07, 6.45) is 0.873.